The number of rotatable bonds is 9. The zero-order valence-electron chi connectivity index (χ0n) is 16.9. The minimum absolute atomic E-state index is 0.255. The number of furan rings is 1. The zero-order chi connectivity index (χ0) is 21.3. The molecule has 3 aromatic rings. The summed E-state index contributed by atoms with van der Waals surface area (Å²) in [5, 5.41) is 5.59. The number of amides is 2. The molecular weight excluding hydrogens is 384 g/mol. The van der Waals surface area contributed by atoms with Crippen molar-refractivity contribution in [1.82, 2.24) is 5.32 Å². The van der Waals surface area contributed by atoms with Gasteiger partial charge in [0.2, 0.25) is 0 Å². The van der Waals surface area contributed by atoms with Crippen molar-refractivity contribution < 1.29 is 23.5 Å². The third kappa shape index (κ3) is 5.41. The van der Waals surface area contributed by atoms with Gasteiger partial charge in [-0.05, 0) is 42.8 Å². The average Bonchev–Trinajstić information content (AvgIpc) is 3.30. The van der Waals surface area contributed by atoms with Gasteiger partial charge in [-0.1, -0.05) is 25.1 Å². The Labute approximate surface area is 175 Å². The predicted molar refractivity (Wildman–Crippen MR) is 113 cm³/mol. The highest BCUT2D eigenvalue weighted by molar-refractivity contribution is 6.04. The van der Waals surface area contributed by atoms with Crippen LogP contribution in [0.15, 0.2) is 71.3 Å². The molecule has 0 aliphatic rings. The third-order valence-electron chi connectivity index (χ3n) is 4.42. The molecule has 0 unspecified atom stereocenters. The highest BCUT2D eigenvalue weighted by atomic mass is 16.5. The first-order valence-electron chi connectivity index (χ1n) is 9.62. The summed E-state index contributed by atoms with van der Waals surface area (Å²) in [7, 11) is 1.57. The largest absolute Gasteiger partial charge is 0.497 e. The lowest BCUT2D eigenvalue weighted by molar-refractivity contribution is -0.122. The number of ether oxygens (including phenoxy) is 2. The maximum atomic E-state index is 12.8. The van der Waals surface area contributed by atoms with Crippen molar-refractivity contribution in [2.75, 3.05) is 12.4 Å². The molecule has 2 N–H and O–H groups in total. The Morgan fingerprint density at radius 1 is 1.03 bits per heavy atom. The lowest BCUT2D eigenvalue weighted by Crippen LogP contribution is -2.33. The molecule has 3 rings (SSSR count). The summed E-state index contributed by atoms with van der Waals surface area (Å²) in [6, 6.07) is 17.4. The molecule has 1 atom stereocenters. The topological polar surface area (TPSA) is 89.8 Å². The van der Waals surface area contributed by atoms with Crippen molar-refractivity contribution in [3.05, 3.63) is 78.3 Å². The minimum Gasteiger partial charge on any atom is -0.497 e. The van der Waals surface area contributed by atoms with E-state index in [0.717, 1.165) is 0 Å². The molecule has 0 saturated carbocycles. The fourth-order valence-electron chi connectivity index (χ4n) is 2.84. The Morgan fingerprint density at radius 3 is 2.57 bits per heavy atom. The molecule has 0 aliphatic heterocycles. The molecule has 0 saturated heterocycles. The van der Waals surface area contributed by atoms with Crippen molar-refractivity contribution >= 4 is 17.5 Å². The van der Waals surface area contributed by atoms with Gasteiger partial charge in [0.15, 0.2) is 6.10 Å². The molecule has 30 heavy (non-hydrogen) atoms. The fourth-order valence-corrected chi connectivity index (χ4v) is 2.84. The molecular formula is C23H24N2O5. The van der Waals surface area contributed by atoms with Gasteiger partial charge in [-0.25, -0.2) is 0 Å². The van der Waals surface area contributed by atoms with Gasteiger partial charge in [-0.3, -0.25) is 9.59 Å². The van der Waals surface area contributed by atoms with Crippen LogP contribution in [0, 0.1) is 0 Å². The Balaban J connectivity index is 1.68. The van der Waals surface area contributed by atoms with E-state index in [9.17, 15) is 9.59 Å². The molecule has 7 nitrogen and oxygen atoms in total. The van der Waals surface area contributed by atoms with Gasteiger partial charge < -0.3 is 24.5 Å². The van der Waals surface area contributed by atoms with Crippen molar-refractivity contribution in [3.8, 4) is 11.5 Å². The molecule has 0 radical (unpaired) electrons. The summed E-state index contributed by atoms with van der Waals surface area (Å²) in [5.74, 6) is 1.15. The van der Waals surface area contributed by atoms with E-state index < -0.39 is 6.10 Å². The maximum absolute atomic E-state index is 12.8. The number of benzene rings is 2. The molecule has 2 amide bonds. The van der Waals surface area contributed by atoms with Crippen LogP contribution >= 0.6 is 0 Å². The number of anilines is 1. The first-order chi connectivity index (χ1) is 14.6. The standard InChI is InChI=1S/C23H24N2O5/c1-3-21(30-17-9-6-8-16(14-17)28-2)23(27)25-20-12-5-4-11-19(20)22(26)24-15-18-10-7-13-29-18/h4-14,21H,3,15H2,1-2H3,(H,24,26)(H,25,27)/t21-/m1/s1. The maximum Gasteiger partial charge on any atom is 0.265 e. The highest BCUT2D eigenvalue weighted by Crippen LogP contribution is 2.22. The monoisotopic (exact) mass is 408 g/mol. The number of carbonyl (C=O) groups is 2. The Morgan fingerprint density at radius 2 is 1.83 bits per heavy atom. The van der Waals surface area contributed by atoms with E-state index in [-0.39, 0.29) is 18.4 Å². The van der Waals surface area contributed by atoms with E-state index in [4.69, 9.17) is 13.9 Å². The highest BCUT2D eigenvalue weighted by Gasteiger charge is 2.21. The van der Waals surface area contributed by atoms with Gasteiger partial charge in [0.25, 0.3) is 11.8 Å². The summed E-state index contributed by atoms with van der Waals surface area (Å²) < 4.78 is 16.2. The molecule has 0 bridgehead atoms. The first-order valence-corrected chi connectivity index (χ1v) is 9.62. The van der Waals surface area contributed by atoms with Crippen LogP contribution in [0.4, 0.5) is 5.69 Å². The first kappa shape index (κ1) is 21.0. The number of methoxy groups -OCH3 is 1. The smallest absolute Gasteiger partial charge is 0.265 e. The molecule has 1 heterocycles. The Hall–Kier alpha value is -3.74. The van der Waals surface area contributed by atoms with Gasteiger partial charge in [-0.15, -0.1) is 0 Å². The van der Waals surface area contributed by atoms with Crippen molar-refractivity contribution in [2.45, 2.75) is 26.0 Å². The molecule has 0 fully saturated rings. The molecule has 1 aromatic heterocycles. The molecule has 0 spiro atoms. The SMILES string of the molecule is CC[C@@H](Oc1cccc(OC)c1)C(=O)Nc1ccccc1C(=O)NCc1ccco1. The van der Waals surface area contributed by atoms with Crippen LogP contribution in [0.25, 0.3) is 0 Å². The second-order valence-corrected chi connectivity index (χ2v) is 6.49. The third-order valence-corrected chi connectivity index (χ3v) is 4.42. The molecule has 0 aliphatic carbocycles. The van der Waals surface area contributed by atoms with E-state index in [1.807, 2.05) is 6.92 Å². The number of para-hydroxylation sites is 1. The van der Waals surface area contributed by atoms with Crippen LogP contribution in [-0.4, -0.2) is 25.0 Å². The van der Waals surface area contributed by atoms with Crippen LogP contribution in [0.3, 0.4) is 0 Å². The van der Waals surface area contributed by atoms with E-state index in [1.54, 1.807) is 74.0 Å². The lowest BCUT2D eigenvalue weighted by atomic mass is 10.1. The van der Waals surface area contributed by atoms with Crippen LogP contribution in [0.5, 0.6) is 11.5 Å². The number of carbonyl (C=O) groups excluding carboxylic acids is 2. The summed E-state index contributed by atoms with van der Waals surface area (Å²) in [4.78, 5) is 25.4. The van der Waals surface area contributed by atoms with Gasteiger partial charge >= 0.3 is 0 Å². The van der Waals surface area contributed by atoms with Crippen molar-refractivity contribution in [3.63, 3.8) is 0 Å². The van der Waals surface area contributed by atoms with E-state index in [2.05, 4.69) is 10.6 Å². The van der Waals surface area contributed by atoms with E-state index >= 15 is 0 Å². The number of nitrogens with one attached hydrogen (secondary N) is 2. The minimum atomic E-state index is -0.726. The van der Waals surface area contributed by atoms with Crippen LogP contribution in [0.1, 0.15) is 29.5 Å². The molecule has 2 aromatic carbocycles. The normalized spacial score (nSPS) is 11.4. The number of hydrogen-bond donors (Lipinski definition) is 2. The molecule has 7 heteroatoms. The predicted octanol–water partition coefficient (Wildman–Crippen LogP) is 4.01. The van der Waals surface area contributed by atoms with Gasteiger partial charge in [-0.2, -0.15) is 0 Å². The summed E-state index contributed by atoms with van der Waals surface area (Å²) in [5.41, 5.74) is 0.765. The summed E-state index contributed by atoms with van der Waals surface area (Å²) >= 11 is 0. The summed E-state index contributed by atoms with van der Waals surface area (Å²) in [6.45, 7) is 2.11. The lowest BCUT2D eigenvalue weighted by Gasteiger charge is -2.19. The van der Waals surface area contributed by atoms with Crippen LogP contribution in [-0.2, 0) is 11.3 Å². The zero-order valence-corrected chi connectivity index (χ0v) is 16.9. The molecule has 156 valence electrons. The van der Waals surface area contributed by atoms with E-state index in [0.29, 0.717) is 34.9 Å². The van der Waals surface area contributed by atoms with Gasteiger partial charge in [0.1, 0.15) is 17.3 Å². The fraction of sp³-hybridized carbons (Fsp3) is 0.217. The Kier molecular flexibility index (Phi) is 7.10. The van der Waals surface area contributed by atoms with Crippen molar-refractivity contribution in [1.29, 1.82) is 0 Å². The summed E-state index contributed by atoms with van der Waals surface area (Å²) in [6.07, 6.45) is 1.27. The average molecular weight is 408 g/mol. The quantitative estimate of drug-likeness (QED) is 0.558. The van der Waals surface area contributed by atoms with Gasteiger partial charge in [0, 0.05) is 6.07 Å². The Bertz CT molecular complexity index is 985. The van der Waals surface area contributed by atoms with Crippen LogP contribution in [0.2, 0.25) is 0 Å². The number of hydrogen-bond acceptors (Lipinski definition) is 5. The van der Waals surface area contributed by atoms with Gasteiger partial charge in [0.05, 0.1) is 31.2 Å². The second-order valence-electron chi connectivity index (χ2n) is 6.49. The van der Waals surface area contributed by atoms with Crippen molar-refractivity contribution in [2.24, 2.45) is 0 Å². The second kappa shape index (κ2) is 10.2. The van der Waals surface area contributed by atoms with Crippen LogP contribution < -0.4 is 20.1 Å². The van der Waals surface area contributed by atoms with E-state index in [1.165, 1.54) is 0 Å².